The minimum atomic E-state index is -0.337. The molecule has 1 rings (SSSR count). The van der Waals surface area contributed by atoms with Gasteiger partial charge in [0, 0.05) is 6.42 Å². The van der Waals surface area contributed by atoms with E-state index in [1.165, 1.54) is 6.42 Å². The van der Waals surface area contributed by atoms with Gasteiger partial charge in [0.1, 0.15) is 0 Å². The predicted molar refractivity (Wildman–Crippen MR) is 60.5 cm³/mol. The summed E-state index contributed by atoms with van der Waals surface area (Å²) in [6.45, 7) is 3.65. The van der Waals surface area contributed by atoms with Crippen LogP contribution in [0.1, 0.15) is 44.9 Å². The van der Waals surface area contributed by atoms with Crippen molar-refractivity contribution < 1.29 is 9.90 Å². The second-order valence-electron chi connectivity index (χ2n) is 4.37. The van der Waals surface area contributed by atoms with E-state index in [2.05, 4.69) is 11.9 Å². The Morgan fingerprint density at radius 3 is 2.60 bits per heavy atom. The SMILES string of the molecule is C=CCCC(=O)NC1(CO)CCCCC1. The first-order valence-corrected chi connectivity index (χ1v) is 5.75. The summed E-state index contributed by atoms with van der Waals surface area (Å²) in [4.78, 5) is 11.6. The predicted octanol–water partition coefficient (Wildman–Crippen LogP) is 1.76. The summed E-state index contributed by atoms with van der Waals surface area (Å²) in [6, 6.07) is 0. The summed E-state index contributed by atoms with van der Waals surface area (Å²) in [5.41, 5.74) is -0.337. The van der Waals surface area contributed by atoms with Crippen LogP contribution in [0.5, 0.6) is 0 Å². The van der Waals surface area contributed by atoms with E-state index in [4.69, 9.17) is 0 Å². The molecule has 0 saturated heterocycles. The van der Waals surface area contributed by atoms with Crippen LogP contribution in [-0.2, 0) is 4.79 Å². The highest BCUT2D eigenvalue weighted by Crippen LogP contribution is 2.27. The van der Waals surface area contributed by atoms with Crippen molar-refractivity contribution >= 4 is 5.91 Å². The number of rotatable bonds is 5. The minimum Gasteiger partial charge on any atom is -0.394 e. The molecule has 2 N–H and O–H groups in total. The van der Waals surface area contributed by atoms with Crippen molar-refractivity contribution in [3.8, 4) is 0 Å². The van der Waals surface area contributed by atoms with E-state index in [1.54, 1.807) is 6.08 Å². The summed E-state index contributed by atoms with van der Waals surface area (Å²) >= 11 is 0. The number of aliphatic hydroxyl groups excluding tert-OH is 1. The average molecular weight is 211 g/mol. The van der Waals surface area contributed by atoms with Crippen molar-refractivity contribution in [3.05, 3.63) is 12.7 Å². The Hall–Kier alpha value is -0.830. The van der Waals surface area contributed by atoms with Gasteiger partial charge in [0.2, 0.25) is 5.91 Å². The zero-order valence-corrected chi connectivity index (χ0v) is 9.30. The Morgan fingerprint density at radius 1 is 1.40 bits per heavy atom. The molecule has 0 aromatic rings. The Balaban J connectivity index is 2.43. The van der Waals surface area contributed by atoms with E-state index >= 15 is 0 Å². The molecule has 0 radical (unpaired) electrons. The highest BCUT2D eigenvalue weighted by Gasteiger charge is 2.32. The molecular weight excluding hydrogens is 190 g/mol. The molecule has 15 heavy (non-hydrogen) atoms. The van der Waals surface area contributed by atoms with Crippen molar-refractivity contribution in [3.63, 3.8) is 0 Å². The molecule has 0 atom stereocenters. The van der Waals surface area contributed by atoms with E-state index in [0.717, 1.165) is 25.7 Å². The Labute approximate surface area is 91.6 Å². The third-order valence-electron chi connectivity index (χ3n) is 3.09. The van der Waals surface area contributed by atoms with Gasteiger partial charge in [-0.2, -0.15) is 0 Å². The topological polar surface area (TPSA) is 49.3 Å². The molecule has 3 heteroatoms. The first kappa shape index (κ1) is 12.2. The molecule has 0 heterocycles. The van der Waals surface area contributed by atoms with Gasteiger partial charge < -0.3 is 10.4 Å². The molecule has 0 bridgehead atoms. The fourth-order valence-corrected chi connectivity index (χ4v) is 2.14. The van der Waals surface area contributed by atoms with Crippen LogP contribution >= 0.6 is 0 Å². The third kappa shape index (κ3) is 3.67. The lowest BCUT2D eigenvalue weighted by atomic mass is 9.82. The number of amides is 1. The van der Waals surface area contributed by atoms with Gasteiger partial charge in [0.15, 0.2) is 0 Å². The van der Waals surface area contributed by atoms with Crippen LogP contribution in [-0.4, -0.2) is 23.2 Å². The fourth-order valence-electron chi connectivity index (χ4n) is 2.14. The van der Waals surface area contributed by atoms with Gasteiger partial charge in [0.25, 0.3) is 0 Å². The Kier molecular flexibility index (Phi) is 4.82. The van der Waals surface area contributed by atoms with Crippen LogP contribution in [0.25, 0.3) is 0 Å². The highest BCUT2D eigenvalue weighted by atomic mass is 16.3. The van der Waals surface area contributed by atoms with Gasteiger partial charge in [0.05, 0.1) is 12.1 Å². The smallest absolute Gasteiger partial charge is 0.220 e. The summed E-state index contributed by atoms with van der Waals surface area (Å²) in [7, 11) is 0. The monoisotopic (exact) mass is 211 g/mol. The van der Waals surface area contributed by atoms with Gasteiger partial charge in [-0.25, -0.2) is 0 Å². The molecule has 1 fully saturated rings. The van der Waals surface area contributed by atoms with Crippen molar-refractivity contribution in [1.29, 1.82) is 0 Å². The van der Waals surface area contributed by atoms with Gasteiger partial charge >= 0.3 is 0 Å². The van der Waals surface area contributed by atoms with Crippen LogP contribution in [0, 0.1) is 0 Å². The maximum atomic E-state index is 11.6. The molecule has 0 aromatic carbocycles. The van der Waals surface area contributed by atoms with Crippen LogP contribution < -0.4 is 5.32 Å². The molecular formula is C12H21NO2. The first-order chi connectivity index (χ1) is 7.22. The summed E-state index contributed by atoms with van der Waals surface area (Å²) in [5, 5.41) is 12.4. The van der Waals surface area contributed by atoms with Crippen molar-refractivity contribution in [2.24, 2.45) is 0 Å². The second-order valence-corrected chi connectivity index (χ2v) is 4.37. The molecule has 0 spiro atoms. The maximum Gasteiger partial charge on any atom is 0.220 e. The molecule has 1 amide bonds. The number of hydrogen-bond donors (Lipinski definition) is 2. The molecule has 86 valence electrons. The van der Waals surface area contributed by atoms with E-state index in [-0.39, 0.29) is 18.1 Å². The quantitative estimate of drug-likeness (QED) is 0.681. The number of nitrogens with one attached hydrogen (secondary N) is 1. The summed E-state index contributed by atoms with van der Waals surface area (Å²) < 4.78 is 0. The molecule has 0 unspecified atom stereocenters. The Morgan fingerprint density at radius 2 is 2.07 bits per heavy atom. The fraction of sp³-hybridized carbons (Fsp3) is 0.750. The van der Waals surface area contributed by atoms with Gasteiger partial charge in [-0.15, -0.1) is 6.58 Å². The normalized spacial score (nSPS) is 19.5. The zero-order valence-electron chi connectivity index (χ0n) is 9.30. The number of aliphatic hydroxyl groups is 1. The molecule has 0 aliphatic heterocycles. The maximum absolute atomic E-state index is 11.6. The zero-order chi connectivity index (χ0) is 11.1. The largest absolute Gasteiger partial charge is 0.394 e. The molecule has 1 aliphatic carbocycles. The van der Waals surface area contributed by atoms with Gasteiger partial charge in [-0.3, -0.25) is 4.79 Å². The van der Waals surface area contributed by atoms with Crippen LogP contribution in [0.2, 0.25) is 0 Å². The number of carbonyl (C=O) groups is 1. The highest BCUT2D eigenvalue weighted by molar-refractivity contribution is 5.76. The second kappa shape index (κ2) is 5.91. The van der Waals surface area contributed by atoms with Crippen LogP contribution in [0.15, 0.2) is 12.7 Å². The minimum absolute atomic E-state index is 0.0332. The van der Waals surface area contributed by atoms with E-state index < -0.39 is 0 Å². The third-order valence-corrected chi connectivity index (χ3v) is 3.09. The van der Waals surface area contributed by atoms with Crippen molar-refractivity contribution in [2.75, 3.05) is 6.61 Å². The van der Waals surface area contributed by atoms with Crippen molar-refractivity contribution in [1.82, 2.24) is 5.32 Å². The lowest BCUT2D eigenvalue weighted by molar-refractivity contribution is -0.124. The lowest BCUT2D eigenvalue weighted by Gasteiger charge is -2.36. The van der Waals surface area contributed by atoms with Gasteiger partial charge in [-0.05, 0) is 19.3 Å². The van der Waals surface area contributed by atoms with E-state index in [9.17, 15) is 9.90 Å². The van der Waals surface area contributed by atoms with Crippen molar-refractivity contribution in [2.45, 2.75) is 50.5 Å². The van der Waals surface area contributed by atoms with Crippen LogP contribution in [0.3, 0.4) is 0 Å². The first-order valence-electron chi connectivity index (χ1n) is 5.75. The van der Waals surface area contributed by atoms with Gasteiger partial charge in [-0.1, -0.05) is 25.3 Å². The number of allylic oxidation sites excluding steroid dienone is 1. The standard InChI is InChI=1S/C12H21NO2/c1-2-3-7-11(15)13-12(10-14)8-5-4-6-9-12/h2,14H,1,3-10H2,(H,13,15). The summed E-state index contributed by atoms with van der Waals surface area (Å²) in [5.74, 6) is 0.0332. The molecule has 0 aromatic heterocycles. The molecule has 1 saturated carbocycles. The Bertz CT molecular complexity index is 220. The number of hydrogen-bond acceptors (Lipinski definition) is 2. The van der Waals surface area contributed by atoms with Crippen LogP contribution in [0.4, 0.5) is 0 Å². The molecule has 1 aliphatic rings. The lowest BCUT2D eigenvalue weighted by Crippen LogP contribution is -2.52. The number of carbonyl (C=O) groups excluding carboxylic acids is 1. The average Bonchev–Trinajstić information content (AvgIpc) is 2.27. The molecule has 3 nitrogen and oxygen atoms in total. The van der Waals surface area contributed by atoms with E-state index in [0.29, 0.717) is 12.8 Å². The summed E-state index contributed by atoms with van der Waals surface area (Å²) in [6.07, 6.45) is 8.15. The van der Waals surface area contributed by atoms with E-state index in [1.807, 2.05) is 0 Å².